The van der Waals surface area contributed by atoms with Crippen molar-refractivity contribution in [3.8, 4) is 0 Å². The van der Waals surface area contributed by atoms with Crippen LogP contribution in [0.2, 0.25) is 0 Å². The number of anilines is 2. The largest absolute Gasteiger partial charge is 0.341 e. The molecule has 0 aliphatic carbocycles. The summed E-state index contributed by atoms with van der Waals surface area (Å²) in [6, 6.07) is 11.2. The highest BCUT2D eigenvalue weighted by Crippen LogP contribution is 2.21. The molecule has 0 saturated carbocycles. The van der Waals surface area contributed by atoms with Crippen molar-refractivity contribution in [2.24, 2.45) is 0 Å². The SMILES string of the molecule is CCCN(CCC)c1nccc(C(=O)Nc2cccc3cccnc23)n1. The number of hydrogen-bond acceptors (Lipinski definition) is 5. The van der Waals surface area contributed by atoms with Gasteiger partial charge < -0.3 is 10.2 Å². The van der Waals surface area contributed by atoms with Gasteiger partial charge in [-0.05, 0) is 31.0 Å². The lowest BCUT2D eigenvalue weighted by Crippen LogP contribution is -2.27. The molecule has 26 heavy (non-hydrogen) atoms. The van der Waals surface area contributed by atoms with Gasteiger partial charge in [-0.15, -0.1) is 0 Å². The molecule has 0 saturated heterocycles. The maximum absolute atomic E-state index is 12.7. The summed E-state index contributed by atoms with van der Waals surface area (Å²) in [5, 5.41) is 3.90. The number of benzene rings is 1. The van der Waals surface area contributed by atoms with E-state index >= 15 is 0 Å². The minimum atomic E-state index is -0.264. The van der Waals surface area contributed by atoms with Crippen molar-refractivity contribution >= 4 is 28.4 Å². The molecule has 3 rings (SSSR count). The number of hydrogen-bond donors (Lipinski definition) is 1. The van der Waals surface area contributed by atoms with Gasteiger partial charge in [-0.1, -0.05) is 32.0 Å². The third-order valence-corrected chi connectivity index (χ3v) is 4.03. The average molecular weight is 349 g/mol. The quantitative estimate of drug-likeness (QED) is 0.700. The van der Waals surface area contributed by atoms with E-state index in [1.54, 1.807) is 18.5 Å². The van der Waals surface area contributed by atoms with Crippen molar-refractivity contribution in [2.75, 3.05) is 23.3 Å². The Morgan fingerprint density at radius 1 is 1.00 bits per heavy atom. The van der Waals surface area contributed by atoms with Crippen LogP contribution in [-0.2, 0) is 0 Å². The van der Waals surface area contributed by atoms with Gasteiger partial charge in [0.2, 0.25) is 5.95 Å². The second-order valence-corrected chi connectivity index (χ2v) is 6.06. The third kappa shape index (κ3) is 3.96. The normalized spacial score (nSPS) is 10.7. The lowest BCUT2D eigenvalue weighted by molar-refractivity contribution is 0.102. The Morgan fingerprint density at radius 3 is 2.54 bits per heavy atom. The van der Waals surface area contributed by atoms with Gasteiger partial charge in [-0.25, -0.2) is 9.97 Å². The van der Waals surface area contributed by atoms with Crippen LogP contribution in [0, 0.1) is 0 Å². The Hall–Kier alpha value is -3.02. The molecule has 6 heteroatoms. The molecule has 1 N–H and O–H groups in total. The number of nitrogens with zero attached hydrogens (tertiary/aromatic N) is 4. The second-order valence-electron chi connectivity index (χ2n) is 6.06. The Morgan fingerprint density at radius 2 is 1.77 bits per heavy atom. The van der Waals surface area contributed by atoms with Crippen molar-refractivity contribution in [3.63, 3.8) is 0 Å². The molecule has 2 aromatic heterocycles. The number of fused-ring (bicyclic) bond motifs is 1. The van der Waals surface area contributed by atoms with Crippen molar-refractivity contribution in [3.05, 3.63) is 54.5 Å². The van der Waals surface area contributed by atoms with Crippen LogP contribution < -0.4 is 10.2 Å². The van der Waals surface area contributed by atoms with E-state index in [2.05, 4.69) is 39.0 Å². The minimum Gasteiger partial charge on any atom is -0.341 e. The van der Waals surface area contributed by atoms with Crippen LogP contribution in [0.15, 0.2) is 48.8 Å². The first-order valence-corrected chi connectivity index (χ1v) is 8.96. The molecule has 0 unspecified atom stereocenters. The second kappa shape index (κ2) is 8.38. The van der Waals surface area contributed by atoms with E-state index in [1.165, 1.54) is 0 Å². The van der Waals surface area contributed by atoms with Crippen LogP contribution in [0.4, 0.5) is 11.6 Å². The van der Waals surface area contributed by atoms with Gasteiger partial charge in [-0.3, -0.25) is 9.78 Å². The number of carbonyl (C=O) groups excluding carboxylic acids is 1. The van der Waals surface area contributed by atoms with E-state index in [0.29, 0.717) is 17.3 Å². The number of nitrogens with one attached hydrogen (secondary N) is 1. The van der Waals surface area contributed by atoms with Crippen LogP contribution in [0.1, 0.15) is 37.2 Å². The average Bonchev–Trinajstić information content (AvgIpc) is 2.68. The Bertz CT molecular complexity index is 885. The molecular weight excluding hydrogens is 326 g/mol. The molecule has 0 atom stereocenters. The van der Waals surface area contributed by atoms with Gasteiger partial charge in [0.25, 0.3) is 5.91 Å². The molecule has 0 radical (unpaired) electrons. The molecule has 134 valence electrons. The molecule has 1 aromatic carbocycles. The van der Waals surface area contributed by atoms with E-state index in [-0.39, 0.29) is 5.91 Å². The fraction of sp³-hybridized carbons (Fsp3) is 0.300. The van der Waals surface area contributed by atoms with Crippen LogP contribution in [0.5, 0.6) is 0 Å². The first-order valence-electron chi connectivity index (χ1n) is 8.96. The molecule has 0 aliphatic rings. The molecule has 3 aromatic rings. The fourth-order valence-electron chi connectivity index (χ4n) is 2.87. The predicted octanol–water partition coefficient (Wildman–Crippen LogP) is 3.90. The Labute approximate surface area is 153 Å². The maximum atomic E-state index is 12.7. The molecular formula is C20H23N5O. The van der Waals surface area contributed by atoms with Gasteiger partial charge in [-0.2, -0.15) is 0 Å². The molecule has 6 nitrogen and oxygen atoms in total. The van der Waals surface area contributed by atoms with Crippen LogP contribution in [-0.4, -0.2) is 33.9 Å². The summed E-state index contributed by atoms with van der Waals surface area (Å²) in [6.07, 6.45) is 5.36. The zero-order valence-corrected chi connectivity index (χ0v) is 15.1. The van der Waals surface area contributed by atoms with Crippen LogP contribution in [0.25, 0.3) is 10.9 Å². The number of rotatable bonds is 7. The van der Waals surface area contributed by atoms with Gasteiger partial charge in [0.05, 0.1) is 11.2 Å². The zero-order chi connectivity index (χ0) is 18.4. The molecule has 0 spiro atoms. The van der Waals surface area contributed by atoms with E-state index in [4.69, 9.17) is 0 Å². The summed E-state index contributed by atoms with van der Waals surface area (Å²) in [5.41, 5.74) is 1.78. The third-order valence-electron chi connectivity index (χ3n) is 4.03. The lowest BCUT2D eigenvalue weighted by atomic mass is 10.2. The Kier molecular flexibility index (Phi) is 5.73. The van der Waals surface area contributed by atoms with Crippen molar-refractivity contribution in [1.29, 1.82) is 0 Å². The Balaban J connectivity index is 1.84. The van der Waals surface area contributed by atoms with Crippen molar-refractivity contribution in [2.45, 2.75) is 26.7 Å². The lowest BCUT2D eigenvalue weighted by Gasteiger charge is -2.21. The van der Waals surface area contributed by atoms with E-state index in [0.717, 1.165) is 36.8 Å². The number of pyridine rings is 1. The highest BCUT2D eigenvalue weighted by molar-refractivity contribution is 6.07. The summed E-state index contributed by atoms with van der Waals surface area (Å²) in [6.45, 7) is 5.97. The molecule has 2 heterocycles. The highest BCUT2D eigenvalue weighted by Gasteiger charge is 2.14. The summed E-state index contributed by atoms with van der Waals surface area (Å²) < 4.78 is 0. The fourth-order valence-corrected chi connectivity index (χ4v) is 2.87. The summed E-state index contributed by atoms with van der Waals surface area (Å²) in [4.78, 5) is 28.0. The van der Waals surface area contributed by atoms with Crippen molar-refractivity contribution < 1.29 is 4.79 Å². The first-order chi connectivity index (χ1) is 12.7. The predicted molar refractivity (Wildman–Crippen MR) is 105 cm³/mol. The number of carbonyl (C=O) groups is 1. The van der Waals surface area contributed by atoms with Crippen LogP contribution >= 0.6 is 0 Å². The van der Waals surface area contributed by atoms with Crippen molar-refractivity contribution in [1.82, 2.24) is 15.0 Å². The van der Waals surface area contributed by atoms with Gasteiger partial charge in [0.1, 0.15) is 5.69 Å². The number of aromatic nitrogens is 3. The van der Waals surface area contributed by atoms with Gasteiger partial charge in [0.15, 0.2) is 0 Å². The van der Waals surface area contributed by atoms with E-state index in [9.17, 15) is 4.79 Å². The topological polar surface area (TPSA) is 71.0 Å². The first kappa shape index (κ1) is 17.8. The maximum Gasteiger partial charge on any atom is 0.274 e. The van der Waals surface area contributed by atoms with Crippen LogP contribution in [0.3, 0.4) is 0 Å². The van der Waals surface area contributed by atoms with Gasteiger partial charge in [0, 0.05) is 30.9 Å². The molecule has 0 bridgehead atoms. The zero-order valence-electron chi connectivity index (χ0n) is 15.1. The highest BCUT2D eigenvalue weighted by atomic mass is 16.1. The van der Waals surface area contributed by atoms with E-state index in [1.807, 2.05) is 30.3 Å². The molecule has 0 fully saturated rings. The summed E-state index contributed by atoms with van der Waals surface area (Å²) >= 11 is 0. The summed E-state index contributed by atoms with van der Waals surface area (Å²) in [7, 11) is 0. The number of para-hydroxylation sites is 1. The molecule has 1 amide bonds. The standard InChI is InChI=1S/C20H23N5O/c1-3-13-25(14-4-2)20-22-12-10-17(24-20)19(26)23-16-9-5-7-15-8-6-11-21-18(15)16/h5-12H,3-4,13-14H2,1-2H3,(H,23,26). The van der Waals surface area contributed by atoms with E-state index < -0.39 is 0 Å². The minimum absolute atomic E-state index is 0.264. The number of amides is 1. The monoisotopic (exact) mass is 349 g/mol. The van der Waals surface area contributed by atoms with Gasteiger partial charge >= 0.3 is 0 Å². The molecule has 0 aliphatic heterocycles. The smallest absolute Gasteiger partial charge is 0.274 e. The summed E-state index contributed by atoms with van der Waals surface area (Å²) in [5.74, 6) is 0.331.